The van der Waals surface area contributed by atoms with E-state index in [1.165, 1.54) is 0 Å². The van der Waals surface area contributed by atoms with Crippen molar-refractivity contribution >= 4 is 22.8 Å². The van der Waals surface area contributed by atoms with Crippen LogP contribution in [0.15, 0.2) is 6.07 Å². The van der Waals surface area contributed by atoms with E-state index in [1.54, 1.807) is 0 Å². The van der Waals surface area contributed by atoms with Crippen LogP contribution in [0.1, 0.15) is 48.6 Å². The Bertz CT molecular complexity index is 766. The number of hydrogen-bond acceptors (Lipinski definition) is 5. The summed E-state index contributed by atoms with van der Waals surface area (Å²) in [5.74, 6) is 1.21. The lowest BCUT2D eigenvalue weighted by atomic mass is 10.1. The van der Waals surface area contributed by atoms with E-state index in [0.29, 0.717) is 18.1 Å². The van der Waals surface area contributed by atoms with Crippen molar-refractivity contribution in [3.63, 3.8) is 0 Å². The average molecular weight is 327 g/mol. The van der Waals surface area contributed by atoms with E-state index in [9.17, 15) is 4.79 Å². The number of amides is 1. The molecule has 0 bridgehead atoms. The summed E-state index contributed by atoms with van der Waals surface area (Å²) in [6.07, 6.45) is 2.30. The summed E-state index contributed by atoms with van der Waals surface area (Å²) in [6.45, 7) is 10.7. The fraction of sp³-hybridized carbons (Fsp3) is 0.556. The number of anilines is 1. The van der Waals surface area contributed by atoms with Gasteiger partial charge in [-0.2, -0.15) is 0 Å². The van der Waals surface area contributed by atoms with Crippen molar-refractivity contribution in [3.05, 3.63) is 23.1 Å². The zero-order chi connectivity index (χ0) is 17.3. The lowest BCUT2D eigenvalue weighted by Gasteiger charge is -2.20. The van der Waals surface area contributed by atoms with Gasteiger partial charge in [-0.25, -0.2) is 15.0 Å². The Kier molecular flexibility index (Phi) is 4.64. The maximum atomic E-state index is 12.4. The molecule has 0 saturated carbocycles. The first kappa shape index (κ1) is 16.6. The molecule has 2 aromatic rings. The maximum absolute atomic E-state index is 12.4. The van der Waals surface area contributed by atoms with E-state index in [0.717, 1.165) is 48.4 Å². The average Bonchev–Trinajstić information content (AvgIpc) is 3.05. The van der Waals surface area contributed by atoms with Gasteiger partial charge in [-0.1, -0.05) is 13.8 Å². The fourth-order valence-electron chi connectivity index (χ4n) is 3.09. The molecule has 3 rings (SSSR count). The summed E-state index contributed by atoms with van der Waals surface area (Å²) < 4.78 is 0. The van der Waals surface area contributed by atoms with Crippen LogP contribution in [0, 0.1) is 19.8 Å². The lowest BCUT2D eigenvalue weighted by molar-refractivity contribution is 0.0939. The van der Waals surface area contributed by atoms with Crippen molar-refractivity contribution in [2.75, 3.05) is 24.5 Å². The minimum atomic E-state index is -0.230. The van der Waals surface area contributed by atoms with Crippen LogP contribution in [0.3, 0.4) is 0 Å². The van der Waals surface area contributed by atoms with Crippen molar-refractivity contribution < 1.29 is 4.79 Å². The Balaban J connectivity index is 2.09. The number of pyridine rings is 1. The standard InChI is InChI=1S/C18H25N5O/c1-11(2)10-19-18(24)16-21-15-14(12(3)9-13(4)20-15)17(22-16)23-7-5-6-8-23/h9,11H,5-8,10H2,1-4H3,(H,19,24). The van der Waals surface area contributed by atoms with Crippen molar-refractivity contribution in [3.8, 4) is 0 Å². The van der Waals surface area contributed by atoms with Crippen LogP contribution in [-0.2, 0) is 0 Å². The molecular formula is C18H25N5O. The molecule has 0 atom stereocenters. The van der Waals surface area contributed by atoms with Crippen molar-refractivity contribution in [1.82, 2.24) is 20.3 Å². The highest BCUT2D eigenvalue weighted by molar-refractivity contribution is 5.96. The van der Waals surface area contributed by atoms with E-state index in [1.807, 2.05) is 13.0 Å². The SMILES string of the molecule is Cc1cc(C)c2c(N3CCCC3)nc(C(=O)NCC(C)C)nc2n1. The van der Waals surface area contributed by atoms with Crippen LogP contribution in [0.4, 0.5) is 5.82 Å². The molecule has 128 valence electrons. The topological polar surface area (TPSA) is 71.0 Å². The van der Waals surface area contributed by atoms with Gasteiger partial charge >= 0.3 is 0 Å². The zero-order valence-corrected chi connectivity index (χ0v) is 14.9. The second-order valence-electron chi connectivity index (χ2n) is 6.95. The molecule has 0 unspecified atom stereocenters. The van der Waals surface area contributed by atoms with Gasteiger partial charge in [-0.15, -0.1) is 0 Å². The Morgan fingerprint density at radius 1 is 1.21 bits per heavy atom. The van der Waals surface area contributed by atoms with Crippen LogP contribution in [-0.4, -0.2) is 40.5 Å². The molecule has 0 radical (unpaired) electrons. The number of rotatable bonds is 4. The first-order valence-electron chi connectivity index (χ1n) is 8.65. The number of hydrogen-bond donors (Lipinski definition) is 1. The molecule has 1 fully saturated rings. The molecule has 2 aromatic heterocycles. The quantitative estimate of drug-likeness (QED) is 0.935. The molecule has 1 aliphatic rings. The molecule has 6 nitrogen and oxygen atoms in total. The van der Waals surface area contributed by atoms with E-state index in [-0.39, 0.29) is 11.7 Å². The Labute approximate surface area is 142 Å². The number of carbonyl (C=O) groups excluding carboxylic acids is 1. The van der Waals surface area contributed by atoms with Crippen molar-refractivity contribution in [1.29, 1.82) is 0 Å². The highest BCUT2D eigenvalue weighted by Crippen LogP contribution is 2.29. The van der Waals surface area contributed by atoms with Gasteiger partial charge in [0.1, 0.15) is 5.82 Å². The largest absolute Gasteiger partial charge is 0.356 e. The maximum Gasteiger partial charge on any atom is 0.289 e. The summed E-state index contributed by atoms with van der Waals surface area (Å²) in [4.78, 5) is 28.3. The normalized spacial score (nSPS) is 14.6. The molecule has 0 aromatic carbocycles. The summed E-state index contributed by atoms with van der Waals surface area (Å²) in [5, 5.41) is 3.86. The van der Waals surface area contributed by atoms with E-state index in [2.05, 4.69) is 45.9 Å². The number of fused-ring (bicyclic) bond motifs is 1. The third-order valence-corrected chi connectivity index (χ3v) is 4.25. The molecular weight excluding hydrogens is 302 g/mol. The van der Waals surface area contributed by atoms with E-state index < -0.39 is 0 Å². The van der Waals surface area contributed by atoms with Crippen LogP contribution < -0.4 is 10.2 Å². The molecule has 6 heteroatoms. The molecule has 1 N–H and O–H groups in total. The monoisotopic (exact) mass is 327 g/mol. The smallest absolute Gasteiger partial charge is 0.289 e. The van der Waals surface area contributed by atoms with Gasteiger partial charge in [-0.05, 0) is 44.2 Å². The van der Waals surface area contributed by atoms with Gasteiger partial charge < -0.3 is 10.2 Å². The third kappa shape index (κ3) is 3.32. The summed E-state index contributed by atoms with van der Waals surface area (Å²) in [7, 11) is 0. The van der Waals surface area contributed by atoms with Crippen molar-refractivity contribution in [2.24, 2.45) is 5.92 Å². The zero-order valence-electron chi connectivity index (χ0n) is 14.9. The van der Waals surface area contributed by atoms with Crippen LogP contribution >= 0.6 is 0 Å². The summed E-state index contributed by atoms with van der Waals surface area (Å²) in [5.41, 5.74) is 2.62. The van der Waals surface area contributed by atoms with Crippen molar-refractivity contribution in [2.45, 2.75) is 40.5 Å². The summed E-state index contributed by atoms with van der Waals surface area (Å²) >= 11 is 0. The molecule has 0 spiro atoms. The first-order chi connectivity index (χ1) is 11.5. The summed E-state index contributed by atoms with van der Waals surface area (Å²) in [6, 6.07) is 2.05. The van der Waals surface area contributed by atoms with E-state index >= 15 is 0 Å². The van der Waals surface area contributed by atoms with Gasteiger partial charge in [0, 0.05) is 25.3 Å². The van der Waals surface area contributed by atoms with Crippen LogP contribution in [0.2, 0.25) is 0 Å². The fourth-order valence-corrected chi connectivity index (χ4v) is 3.09. The van der Waals surface area contributed by atoms with Gasteiger partial charge in [0.2, 0.25) is 5.82 Å². The minimum absolute atomic E-state index is 0.211. The van der Waals surface area contributed by atoms with Gasteiger partial charge in [0.25, 0.3) is 5.91 Å². The molecule has 24 heavy (non-hydrogen) atoms. The van der Waals surface area contributed by atoms with Gasteiger partial charge in [0.05, 0.1) is 5.39 Å². The second kappa shape index (κ2) is 6.71. The number of nitrogens with zero attached hydrogens (tertiary/aromatic N) is 4. The van der Waals surface area contributed by atoms with Crippen LogP contribution in [0.5, 0.6) is 0 Å². The van der Waals surface area contributed by atoms with E-state index in [4.69, 9.17) is 0 Å². The highest BCUT2D eigenvalue weighted by atomic mass is 16.2. The first-order valence-corrected chi connectivity index (χ1v) is 8.65. The Hall–Kier alpha value is -2.24. The Morgan fingerprint density at radius 3 is 2.58 bits per heavy atom. The van der Waals surface area contributed by atoms with Crippen LogP contribution in [0.25, 0.3) is 11.0 Å². The number of aromatic nitrogens is 3. The number of carbonyl (C=O) groups is 1. The molecule has 1 saturated heterocycles. The molecule has 3 heterocycles. The van der Waals surface area contributed by atoms with Gasteiger partial charge in [0.15, 0.2) is 5.65 Å². The van der Waals surface area contributed by atoms with Gasteiger partial charge in [-0.3, -0.25) is 4.79 Å². The predicted octanol–water partition coefficient (Wildman–Crippen LogP) is 2.63. The Morgan fingerprint density at radius 2 is 1.92 bits per heavy atom. The predicted molar refractivity (Wildman–Crippen MR) is 95.4 cm³/mol. The number of aryl methyl sites for hydroxylation is 2. The molecule has 0 aliphatic carbocycles. The number of nitrogens with one attached hydrogen (secondary N) is 1. The molecule has 1 aliphatic heterocycles. The highest BCUT2D eigenvalue weighted by Gasteiger charge is 2.22. The second-order valence-corrected chi connectivity index (χ2v) is 6.95. The minimum Gasteiger partial charge on any atom is -0.356 e. The lowest BCUT2D eigenvalue weighted by Crippen LogP contribution is -2.30. The third-order valence-electron chi connectivity index (χ3n) is 4.25. The molecule has 1 amide bonds.